The van der Waals surface area contributed by atoms with Crippen LogP contribution >= 0.6 is 0 Å². The zero-order chi connectivity index (χ0) is 19.2. The molecule has 0 spiro atoms. The number of hydrogen-bond acceptors (Lipinski definition) is 6. The molecule has 1 aliphatic heterocycles. The largest absolute Gasteiger partial charge is 0.494 e. The molecule has 2 heterocycles. The molecule has 1 aliphatic rings. The second-order valence-electron chi connectivity index (χ2n) is 6.17. The van der Waals surface area contributed by atoms with Gasteiger partial charge in [0.15, 0.2) is 0 Å². The molecule has 142 valence electrons. The highest BCUT2D eigenvalue weighted by molar-refractivity contribution is 6.03. The van der Waals surface area contributed by atoms with Gasteiger partial charge in [0.2, 0.25) is 5.91 Å². The highest BCUT2D eigenvalue weighted by Gasteiger charge is 2.20. The maximum Gasteiger partial charge on any atom is 0.274 e. The lowest BCUT2D eigenvalue weighted by molar-refractivity contribution is -0.129. The molecule has 1 fully saturated rings. The van der Waals surface area contributed by atoms with Crippen molar-refractivity contribution in [2.45, 2.75) is 13.8 Å². The monoisotopic (exact) mass is 369 g/mol. The van der Waals surface area contributed by atoms with Gasteiger partial charge in [-0.15, -0.1) is 0 Å². The lowest BCUT2D eigenvalue weighted by Gasteiger charge is -2.34. The predicted octanol–water partition coefficient (Wildman–Crippen LogP) is 1.80. The fourth-order valence-electron chi connectivity index (χ4n) is 2.89. The maximum absolute atomic E-state index is 12.5. The van der Waals surface area contributed by atoms with E-state index < -0.39 is 0 Å². The van der Waals surface area contributed by atoms with Crippen LogP contribution in [0.4, 0.5) is 11.5 Å². The van der Waals surface area contributed by atoms with E-state index in [0.717, 1.165) is 5.75 Å². The van der Waals surface area contributed by atoms with E-state index in [9.17, 15) is 9.59 Å². The van der Waals surface area contributed by atoms with Crippen LogP contribution in [0.15, 0.2) is 36.7 Å². The molecule has 0 unspecified atom stereocenters. The number of carbonyl (C=O) groups excluding carboxylic acids is 2. The SMILES string of the molecule is CCOc1ccc(NC(=O)c2cc(N3CCN(C(C)=O)CC3)ncn2)cc1. The van der Waals surface area contributed by atoms with Crippen LogP contribution in [0.1, 0.15) is 24.3 Å². The molecule has 8 nitrogen and oxygen atoms in total. The summed E-state index contributed by atoms with van der Waals surface area (Å²) >= 11 is 0. The van der Waals surface area contributed by atoms with Crippen LogP contribution in [-0.2, 0) is 4.79 Å². The first-order chi connectivity index (χ1) is 13.1. The Balaban J connectivity index is 1.64. The van der Waals surface area contributed by atoms with Gasteiger partial charge in [0.05, 0.1) is 6.61 Å². The maximum atomic E-state index is 12.5. The average Bonchev–Trinajstić information content (AvgIpc) is 2.70. The first-order valence-corrected chi connectivity index (χ1v) is 8.93. The molecule has 0 atom stereocenters. The molecule has 27 heavy (non-hydrogen) atoms. The number of rotatable bonds is 5. The topological polar surface area (TPSA) is 87.7 Å². The molecular weight excluding hydrogens is 346 g/mol. The van der Waals surface area contributed by atoms with Gasteiger partial charge in [-0.3, -0.25) is 9.59 Å². The summed E-state index contributed by atoms with van der Waals surface area (Å²) in [6.45, 7) is 6.73. The molecular formula is C19H23N5O3. The van der Waals surface area contributed by atoms with Crippen LogP contribution in [0.2, 0.25) is 0 Å². The summed E-state index contributed by atoms with van der Waals surface area (Å²) in [7, 11) is 0. The van der Waals surface area contributed by atoms with Crippen molar-refractivity contribution in [2.75, 3.05) is 43.0 Å². The van der Waals surface area contributed by atoms with Gasteiger partial charge >= 0.3 is 0 Å². The van der Waals surface area contributed by atoms with E-state index in [1.54, 1.807) is 42.2 Å². The molecule has 0 aliphatic carbocycles. The highest BCUT2D eigenvalue weighted by atomic mass is 16.5. The summed E-state index contributed by atoms with van der Waals surface area (Å²) in [5.74, 6) is 1.22. The molecule has 0 bridgehead atoms. The Hall–Kier alpha value is -3.16. The quantitative estimate of drug-likeness (QED) is 0.865. The van der Waals surface area contributed by atoms with Gasteiger partial charge in [-0.2, -0.15) is 0 Å². The van der Waals surface area contributed by atoms with Crippen molar-refractivity contribution in [2.24, 2.45) is 0 Å². The number of benzene rings is 1. The van der Waals surface area contributed by atoms with Gasteiger partial charge in [0, 0.05) is 44.9 Å². The van der Waals surface area contributed by atoms with Gasteiger partial charge in [-0.05, 0) is 31.2 Å². The van der Waals surface area contributed by atoms with E-state index in [2.05, 4.69) is 20.2 Å². The Morgan fingerprint density at radius 3 is 2.44 bits per heavy atom. The molecule has 0 saturated carbocycles. The smallest absolute Gasteiger partial charge is 0.274 e. The second-order valence-corrected chi connectivity index (χ2v) is 6.17. The molecule has 8 heteroatoms. The third-order valence-corrected chi connectivity index (χ3v) is 4.36. The number of ether oxygens (including phenoxy) is 1. The van der Waals surface area contributed by atoms with Crippen LogP contribution in [0.25, 0.3) is 0 Å². The second kappa shape index (κ2) is 8.48. The fourth-order valence-corrected chi connectivity index (χ4v) is 2.89. The van der Waals surface area contributed by atoms with Crippen LogP contribution in [0, 0.1) is 0 Å². The molecule has 2 aromatic rings. The fraction of sp³-hybridized carbons (Fsp3) is 0.368. The number of piperazine rings is 1. The summed E-state index contributed by atoms with van der Waals surface area (Å²) in [5.41, 5.74) is 0.960. The molecule has 3 rings (SSSR count). The lowest BCUT2D eigenvalue weighted by Crippen LogP contribution is -2.48. The minimum absolute atomic E-state index is 0.0766. The number of nitrogens with one attached hydrogen (secondary N) is 1. The zero-order valence-corrected chi connectivity index (χ0v) is 15.5. The molecule has 1 aromatic carbocycles. The van der Waals surface area contributed by atoms with Crippen LogP contribution in [0.5, 0.6) is 5.75 Å². The normalized spacial score (nSPS) is 14.0. The molecule has 1 saturated heterocycles. The number of nitrogens with zero attached hydrogens (tertiary/aromatic N) is 4. The molecule has 2 amide bonds. The van der Waals surface area contributed by atoms with E-state index in [0.29, 0.717) is 50.0 Å². The van der Waals surface area contributed by atoms with E-state index in [-0.39, 0.29) is 11.8 Å². The minimum Gasteiger partial charge on any atom is -0.494 e. The Labute approximate surface area is 158 Å². The van der Waals surface area contributed by atoms with Gasteiger partial charge in [-0.25, -0.2) is 9.97 Å². The van der Waals surface area contributed by atoms with Crippen LogP contribution in [-0.4, -0.2) is 59.5 Å². The molecule has 1 N–H and O–H groups in total. The number of anilines is 2. The Kier molecular flexibility index (Phi) is 5.85. The first-order valence-electron chi connectivity index (χ1n) is 8.93. The van der Waals surface area contributed by atoms with Crippen molar-refractivity contribution in [1.82, 2.24) is 14.9 Å². The van der Waals surface area contributed by atoms with Crippen molar-refractivity contribution >= 4 is 23.3 Å². The number of hydrogen-bond donors (Lipinski definition) is 1. The van der Waals surface area contributed by atoms with E-state index in [4.69, 9.17) is 4.74 Å². The average molecular weight is 369 g/mol. The Morgan fingerprint density at radius 1 is 1.11 bits per heavy atom. The van der Waals surface area contributed by atoms with Crippen molar-refractivity contribution in [3.05, 3.63) is 42.4 Å². The summed E-state index contributed by atoms with van der Waals surface area (Å²) < 4.78 is 5.39. The third-order valence-electron chi connectivity index (χ3n) is 4.36. The van der Waals surface area contributed by atoms with Crippen molar-refractivity contribution < 1.29 is 14.3 Å². The predicted molar refractivity (Wildman–Crippen MR) is 102 cm³/mol. The molecule has 1 aromatic heterocycles. The summed E-state index contributed by atoms with van der Waals surface area (Å²) in [4.78, 5) is 36.1. The number of carbonyl (C=O) groups is 2. The number of aromatic nitrogens is 2. The summed E-state index contributed by atoms with van der Waals surface area (Å²) in [6, 6.07) is 8.85. The van der Waals surface area contributed by atoms with Crippen molar-refractivity contribution in [3.63, 3.8) is 0 Å². The Morgan fingerprint density at radius 2 is 1.81 bits per heavy atom. The van der Waals surface area contributed by atoms with Crippen LogP contribution < -0.4 is 15.0 Å². The summed E-state index contributed by atoms with van der Waals surface area (Å²) in [5, 5.41) is 2.82. The Bertz CT molecular complexity index is 801. The van der Waals surface area contributed by atoms with Gasteiger partial charge in [0.1, 0.15) is 23.6 Å². The third kappa shape index (κ3) is 4.72. The summed E-state index contributed by atoms with van der Waals surface area (Å²) in [6.07, 6.45) is 1.39. The van der Waals surface area contributed by atoms with Crippen molar-refractivity contribution in [1.29, 1.82) is 0 Å². The van der Waals surface area contributed by atoms with E-state index >= 15 is 0 Å². The molecule has 0 radical (unpaired) electrons. The first kappa shape index (κ1) is 18.6. The number of amides is 2. The lowest BCUT2D eigenvalue weighted by atomic mass is 10.2. The standard InChI is InChI=1S/C19H23N5O3/c1-3-27-16-6-4-15(5-7-16)22-19(26)17-12-18(21-13-20-17)24-10-8-23(9-11-24)14(2)25/h4-7,12-13H,3,8-11H2,1-2H3,(H,22,26). The minimum atomic E-state index is -0.301. The zero-order valence-electron chi connectivity index (χ0n) is 15.5. The van der Waals surface area contributed by atoms with Gasteiger partial charge in [0.25, 0.3) is 5.91 Å². The van der Waals surface area contributed by atoms with E-state index in [1.165, 1.54) is 6.33 Å². The highest BCUT2D eigenvalue weighted by Crippen LogP contribution is 2.18. The van der Waals surface area contributed by atoms with Crippen LogP contribution in [0.3, 0.4) is 0 Å². The van der Waals surface area contributed by atoms with Crippen molar-refractivity contribution in [3.8, 4) is 5.75 Å². The van der Waals surface area contributed by atoms with E-state index in [1.807, 2.05) is 6.92 Å². The van der Waals surface area contributed by atoms with Gasteiger partial charge in [-0.1, -0.05) is 0 Å². The van der Waals surface area contributed by atoms with Gasteiger partial charge < -0.3 is 19.9 Å².